The minimum absolute atomic E-state index is 0.0304. The summed E-state index contributed by atoms with van der Waals surface area (Å²) < 4.78 is 15.6. The molecule has 6 atom stereocenters. The number of ether oxygens (including phenoxy) is 3. The summed E-state index contributed by atoms with van der Waals surface area (Å²) in [5, 5.41) is 44.9. The Balaban J connectivity index is 1.70. The minimum Gasteiger partial charge on any atom is -0.507 e. The third kappa shape index (κ3) is 4.95. The molecule has 5 rings (SSSR count). The zero-order chi connectivity index (χ0) is 30.2. The predicted octanol–water partition coefficient (Wildman–Crippen LogP) is 2.85. The van der Waals surface area contributed by atoms with E-state index in [0.717, 1.165) is 0 Å². The van der Waals surface area contributed by atoms with Crippen molar-refractivity contribution in [2.75, 3.05) is 7.11 Å². The van der Waals surface area contributed by atoms with Crippen molar-refractivity contribution in [3.8, 4) is 17.2 Å². The third-order valence-electron chi connectivity index (χ3n) is 7.82. The van der Waals surface area contributed by atoms with Gasteiger partial charge < -0.3 is 40.4 Å². The van der Waals surface area contributed by atoms with Crippen LogP contribution in [0.3, 0.4) is 0 Å². The second-order valence-corrected chi connectivity index (χ2v) is 17.2. The summed E-state index contributed by atoms with van der Waals surface area (Å²) in [5.41, 5.74) is 2.60. The van der Waals surface area contributed by atoms with E-state index >= 15 is 0 Å². The Morgan fingerprint density at radius 1 is 1.12 bits per heavy atom. The van der Waals surface area contributed by atoms with Crippen LogP contribution in [0.25, 0.3) is 0 Å². The first-order valence-electron chi connectivity index (χ1n) is 12.6. The Morgan fingerprint density at radius 2 is 1.78 bits per heavy atom. The highest BCUT2D eigenvalue weighted by molar-refractivity contribution is 9.40. The smallest absolute Gasteiger partial charge is 0.202 e. The van der Waals surface area contributed by atoms with Crippen molar-refractivity contribution < 1.29 is 49.0 Å². The Hall–Kier alpha value is -1.91. The quantitative estimate of drug-likeness (QED) is 0.195. The molecule has 14 heteroatoms. The Kier molecular flexibility index (Phi) is 7.95. The summed E-state index contributed by atoms with van der Waals surface area (Å²) >= 11 is 9.39. The molecule has 11 nitrogen and oxygen atoms in total. The molecule has 0 radical (unpaired) electrons. The van der Waals surface area contributed by atoms with Gasteiger partial charge in [0, 0.05) is 42.0 Å². The van der Waals surface area contributed by atoms with Crippen molar-refractivity contribution in [3.05, 3.63) is 51.6 Å². The Bertz CT molecular complexity index is 1460. The number of phenols is 2. The number of phenolic OH excluding ortho intramolecular Hbond substituents is 2. The summed E-state index contributed by atoms with van der Waals surface area (Å²) in [5.74, 6) is -3.50. The largest absolute Gasteiger partial charge is 0.507 e. The molecule has 1 heterocycles. The van der Waals surface area contributed by atoms with Crippen molar-refractivity contribution in [1.82, 2.24) is 0 Å². The van der Waals surface area contributed by atoms with E-state index in [1.165, 1.54) is 25.3 Å². The van der Waals surface area contributed by atoms with Crippen molar-refractivity contribution in [1.29, 1.82) is 0 Å². The number of fused-ring (bicyclic) bond motifs is 3. The lowest BCUT2D eigenvalue weighted by molar-refractivity contribution is -0.247. The van der Waals surface area contributed by atoms with Gasteiger partial charge in [0.25, 0.3) is 0 Å². The Morgan fingerprint density at radius 3 is 2.39 bits per heavy atom. The van der Waals surface area contributed by atoms with E-state index < -0.39 is 91.2 Å². The third-order valence-corrected chi connectivity index (χ3v) is 8.90. The van der Waals surface area contributed by atoms with Crippen molar-refractivity contribution in [2.24, 2.45) is 5.73 Å². The van der Waals surface area contributed by atoms with Crippen LogP contribution >= 0.6 is 47.8 Å². The van der Waals surface area contributed by atoms with Crippen LogP contribution in [0, 0.1) is 0 Å². The van der Waals surface area contributed by atoms with Gasteiger partial charge in [0.15, 0.2) is 14.2 Å². The zero-order valence-electron chi connectivity index (χ0n) is 21.7. The molecule has 6 N–H and O–H groups in total. The van der Waals surface area contributed by atoms with Gasteiger partial charge in [-0.15, -0.1) is 0 Å². The second kappa shape index (κ2) is 10.7. The number of benzene rings is 2. The van der Waals surface area contributed by atoms with Crippen molar-refractivity contribution in [3.63, 3.8) is 0 Å². The molecule has 2 aliphatic carbocycles. The number of nitrogens with two attached hydrogens (primary N) is 1. The van der Waals surface area contributed by atoms with Gasteiger partial charge in [-0.05, 0) is 13.0 Å². The maximum Gasteiger partial charge on any atom is 0.202 e. The average Bonchev–Trinajstić information content (AvgIpc) is 2.90. The van der Waals surface area contributed by atoms with Crippen molar-refractivity contribution >= 4 is 65.1 Å². The van der Waals surface area contributed by atoms with Crippen LogP contribution in [0.2, 0.25) is 0 Å². The summed E-state index contributed by atoms with van der Waals surface area (Å²) in [4.78, 5) is 40.7. The molecule has 0 spiro atoms. The van der Waals surface area contributed by atoms with E-state index in [1.807, 2.05) is 0 Å². The molecule has 0 amide bonds. The highest BCUT2D eigenvalue weighted by Crippen LogP contribution is 2.54. The Labute approximate surface area is 259 Å². The molecule has 0 bridgehead atoms. The molecular weight excluding hydrogens is 738 g/mol. The SMILES string of the molecule is COc1cccc2c1C(=O)c1c(O)c3c(c(O)c1C2=O)C[C@@](O)(C(=O)C(Br)(Br)Br)C[C@@H]3O[C@H]1C[C@H](N)[C@H](O)[C@H](C)O1. The monoisotopic (exact) mass is 761 g/mol. The van der Waals surface area contributed by atoms with Gasteiger partial charge in [0.2, 0.25) is 11.6 Å². The van der Waals surface area contributed by atoms with Crippen LogP contribution in [0.15, 0.2) is 18.2 Å². The van der Waals surface area contributed by atoms with Crippen LogP contribution in [-0.4, -0.2) is 77.2 Å². The molecule has 0 unspecified atom stereocenters. The van der Waals surface area contributed by atoms with E-state index in [4.69, 9.17) is 19.9 Å². The van der Waals surface area contributed by atoms with Gasteiger partial charge in [0.05, 0.1) is 42.1 Å². The maximum atomic E-state index is 13.7. The number of hydrogen-bond donors (Lipinski definition) is 5. The number of carbonyl (C=O) groups is 3. The number of ketones is 3. The fourth-order valence-corrected chi connectivity index (χ4v) is 6.93. The van der Waals surface area contributed by atoms with E-state index in [0.29, 0.717) is 0 Å². The number of rotatable bonds is 4. The summed E-state index contributed by atoms with van der Waals surface area (Å²) in [6.45, 7) is 1.60. The topological polar surface area (TPSA) is 186 Å². The molecule has 220 valence electrons. The predicted molar refractivity (Wildman–Crippen MR) is 154 cm³/mol. The van der Waals surface area contributed by atoms with Gasteiger partial charge in [-0.1, -0.05) is 59.9 Å². The van der Waals surface area contributed by atoms with Crippen LogP contribution in [0.1, 0.15) is 68.8 Å². The van der Waals surface area contributed by atoms with E-state index in [2.05, 4.69) is 47.8 Å². The fourth-order valence-electron chi connectivity index (χ4n) is 5.83. The average molecular weight is 764 g/mol. The number of aliphatic hydroxyl groups is 2. The molecule has 2 aromatic rings. The molecule has 2 aromatic carbocycles. The lowest BCUT2D eigenvalue weighted by Gasteiger charge is -2.43. The number of carbonyl (C=O) groups excluding carboxylic acids is 3. The van der Waals surface area contributed by atoms with Gasteiger partial charge in [-0.25, -0.2) is 0 Å². The first kappa shape index (κ1) is 30.5. The second-order valence-electron chi connectivity index (χ2n) is 10.4. The summed E-state index contributed by atoms with van der Waals surface area (Å²) in [6.07, 6.45) is -4.97. The van der Waals surface area contributed by atoms with Crippen LogP contribution in [0.5, 0.6) is 17.2 Å². The van der Waals surface area contributed by atoms with Crippen LogP contribution < -0.4 is 10.5 Å². The molecule has 0 saturated carbocycles. The van der Waals surface area contributed by atoms with Gasteiger partial charge in [0.1, 0.15) is 22.8 Å². The molecule has 41 heavy (non-hydrogen) atoms. The van der Waals surface area contributed by atoms with Gasteiger partial charge >= 0.3 is 0 Å². The minimum atomic E-state index is -2.20. The number of Topliss-reactive ketones (excluding diaryl/α,β-unsaturated/α-hetero) is 1. The number of methoxy groups -OCH3 is 1. The van der Waals surface area contributed by atoms with Crippen LogP contribution in [0.4, 0.5) is 0 Å². The highest BCUT2D eigenvalue weighted by Gasteiger charge is 2.54. The first-order valence-corrected chi connectivity index (χ1v) is 14.9. The lowest BCUT2D eigenvalue weighted by atomic mass is 9.72. The number of aliphatic hydroxyl groups excluding tert-OH is 1. The van der Waals surface area contributed by atoms with Crippen LogP contribution in [-0.2, 0) is 20.7 Å². The first-order chi connectivity index (χ1) is 19.1. The molecular formula is C27H26Br3NO10. The standard InChI is InChI=1S/C27H26Br3NO10/c1-9-20(32)12(31)6-15(40-9)41-14-8-26(38,25(37)27(28,29)30)7-11-17(14)24(36)19-18(22(11)34)21(33)10-4-3-5-13(39-2)16(10)23(19)35/h3-5,9,12,14-15,20,32,34,36,38H,6-8,31H2,1-2H3/t9-,12-,14-,15-,20+,26-/m0/s1. The number of halogens is 3. The fraction of sp³-hybridized carbons (Fsp3) is 0.444. The van der Waals surface area contributed by atoms with E-state index in [-0.39, 0.29) is 34.4 Å². The highest BCUT2D eigenvalue weighted by atomic mass is 80.0. The van der Waals surface area contributed by atoms with Crippen molar-refractivity contribution in [2.45, 2.75) is 64.6 Å². The number of alkyl halides is 3. The number of hydrogen-bond acceptors (Lipinski definition) is 11. The number of aromatic hydroxyl groups is 2. The van der Waals surface area contributed by atoms with Gasteiger partial charge in [-0.3, -0.25) is 14.4 Å². The zero-order valence-corrected chi connectivity index (χ0v) is 26.4. The van der Waals surface area contributed by atoms with Gasteiger partial charge in [-0.2, -0.15) is 0 Å². The summed E-state index contributed by atoms with van der Waals surface area (Å²) in [6, 6.07) is 3.69. The molecule has 1 saturated heterocycles. The van der Waals surface area contributed by atoms with E-state index in [9.17, 15) is 34.8 Å². The molecule has 1 fully saturated rings. The maximum absolute atomic E-state index is 13.7. The molecule has 1 aliphatic heterocycles. The summed E-state index contributed by atoms with van der Waals surface area (Å²) in [7, 11) is 1.33. The normalized spacial score (nSPS) is 29.4. The lowest BCUT2D eigenvalue weighted by Crippen LogP contribution is -2.53. The molecule has 0 aromatic heterocycles. The molecule has 3 aliphatic rings. The van der Waals surface area contributed by atoms with E-state index in [1.54, 1.807) is 6.92 Å².